The number of piperidine rings is 1. The zero-order valence-corrected chi connectivity index (χ0v) is 12.6. The van der Waals surface area contributed by atoms with Crippen molar-refractivity contribution in [3.05, 3.63) is 30.0 Å². The molecule has 0 spiro atoms. The third-order valence-electron chi connectivity index (χ3n) is 5.20. The Morgan fingerprint density at radius 3 is 3.00 bits per heavy atom. The van der Waals surface area contributed by atoms with Crippen molar-refractivity contribution in [1.82, 2.24) is 14.7 Å². The number of likely N-dealkylation sites (tertiary alicyclic amines) is 1. The van der Waals surface area contributed by atoms with Crippen LogP contribution in [0.4, 0.5) is 0 Å². The maximum atomic E-state index is 12.7. The number of aromatic nitrogens is 2. The largest absolute Gasteiger partial charge is 0.328 e. The monoisotopic (exact) mass is 297 g/mol. The summed E-state index contributed by atoms with van der Waals surface area (Å²) in [6.07, 6.45) is 4.03. The van der Waals surface area contributed by atoms with Gasteiger partial charge in [-0.25, -0.2) is 0 Å². The van der Waals surface area contributed by atoms with Gasteiger partial charge in [-0.05, 0) is 38.2 Å². The molecule has 4 rings (SSSR count). The maximum Gasteiger partial charge on any atom is 0.245 e. The van der Waals surface area contributed by atoms with Crippen LogP contribution in [0.25, 0.3) is 10.9 Å². The first-order chi connectivity index (χ1) is 10.7. The van der Waals surface area contributed by atoms with Crippen LogP contribution in [-0.4, -0.2) is 39.0 Å². The fourth-order valence-corrected chi connectivity index (χ4v) is 4.20. The molecule has 1 aromatic heterocycles. The summed E-state index contributed by atoms with van der Waals surface area (Å²) in [5.74, 6) is 0.375. The minimum absolute atomic E-state index is 0.0116. The highest BCUT2D eigenvalue weighted by Crippen LogP contribution is 2.41. The lowest BCUT2D eigenvalue weighted by molar-refractivity contribution is -0.139. The number of aldehydes is 1. The standard InChI is InChI=1S/C17H19N3O2/c1-11-14-4-2-3-5-15(14)19(18-11)9-17(22)20-13-7-6-12(8-13)16(20)10-21/h2-5,10,12-13,16H,6-9H2,1H3. The zero-order chi connectivity index (χ0) is 15.3. The van der Waals surface area contributed by atoms with Crippen LogP contribution in [0.2, 0.25) is 0 Å². The van der Waals surface area contributed by atoms with Crippen molar-refractivity contribution >= 4 is 23.1 Å². The Morgan fingerprint density at radius 1 is 1.36 bits per heavy atom. The van der Waals surface area contributed by atoms with Crippen molar-refractivity contribution in [2.45, 2.75) is 44.8 Å². The van der Waals surface area contributed by atoms with Gasteiger partial charge in [-0.3, -0.25) is 9.48 Å². The molecule has 5 nitrogen and oxygen atoms in total. The average Bonchev–Trinajstić information content (AvgIpc) is 3.21. The zero-order valence-electron chi connectivity index (χ0n) is 12.6. The summed E-state index contributed by atoms with van der Waals surface area (Å²) in [5, 5.41) is 5.57. The molecule has 0 N–H and O–H groups in total. The van der Waals surface area contributed by atoms with E-state index in [9.17, 15) is 9.59 Å². The van der Waals surface area contributed by atoms with E-state index >= 15 is 0 Å². The molecule has 1 aromatic carbocycles. The van der Waals surface area contributed by atoms with Crippen molar-refractivity contribution in [3.63, 3.8) is 0 Å². The van der Waals surface area contributed by atoms with Gasteiger partial charge in [0.15, 0.2) is 0 Å². The van der Waals surface area contributed by atoms with Gasteiger partial charge in [0.25, 0.3) is 0 Å². The smallest absolute Gasteiger partial charge is 0.245 e. The Balaban J connectivity index is 1.63. The predicted octanol–water partition coefficient (Wildman–Crippen LogP) is 1.92. The number of hydrogen-bond acceptors (Lipinski definition) is 3. The Morgan fingerprint density at radius 2 is 2.18 bits per heavy atom. The molecule has 1 aliphatic heterocycles. The molecule has 114 valence electrons. The molecule has 1 saturated heterocycles. The third kappa shape index (κ3) is 1.88. The van der Waals surface area contributed by atoms with Gasteiger partial charge >= 0.3 is 0 Å². The summed E-state index contributed by atoms with van der Waals surface area (Å²) in [5.41, 5.74) is 1.90. The van der Waals surface area contributed by atoms with Crippen molar-refractivity contribution in [2.75, 3.05) is 0 Å². The van der Waals surface area contributed by atoms with Gasteiger partial charge in [0.2, 0.25) is 5.91 Å². The molecular formula is C17H19N3O2. The number of aryl methyl sites for hydroxylation is 1. The number of carbonyl (C=O) groups excluding carboxylic acids is 2. The Bertz CT molecular complexity index is 751. The minimum Gasteiger partial charge on any atom is -0.328 e. The first-order valence-electron chi connectivity index (χ1n) is 7.87. The van der Waals surface area contributed by atoms with Crippen molar-refractivity contribution < 1.29 is 9.59 Å². The average molecular weight is 297 g/mol. The van der Waals surface area contributed by atoms with E-state index < -0.39 is 0 Å². The molecule has 1 saturated carbocycles. The number of fused-ring (bicyclic) bond motifs is 3. The van der Waals surface area contributed by atoms with Gasteiger partial charge in [-0.1, -0.05) is 18.2 Å². The van der Waals surface area contributed by atoms with Gasteiger partial charge < -0.3 is 9.69 Å². The molecule has 5 heteroatoms. The van der Waals surface area contributed by atoms with Crippen LogP contribution < -0.4 is 0 Å². The van der Waals surface area contributed by atoms with E-state index in [2.05, 4.69) is 5.10 Å². The highest BCUT2D eigenvalue weighted by atomic mass is 16.2. The fraction of sp³-hybridized carbons (Fsp3) is 0.471. The highest BCUT2D eigenvalue weighted by Gasteiger charge is 2.47. The van der Waals surface area contributed by atoms with E-state index in [1.165, 1.54) is 0 Å². The second kappa shape index (κ2) is 4.93. The van der Waals surface area contributed by atoms with Gasteiger partial charge in [-0.2, -0.15) is 5.10 Å². The van der Waals surface area contributed by atoms with E-state index in [0.29, 0.717) is 5.92 Å². The summed E-state index contributed by atoms with van der Waals surface area (Å²) in [4.78, 5) is 25.9. The summed E-state index contributed by atoms with van der Waals surface area (Å²) in [6.45, 7) is 2.16. The lowest BCUT2D eigenvalue weighted by atomic mass is 10.00. The van der Waals surface area contributed by atoms with E-state index in [4.69, 9.17) is 0 Å². The van der Waals surface area contributed by atoms with Crippen LogP contribution in [0.5, 0.6) is 0 Å². The number of carbonyl (C=O) groups is 2. The number of hydrogen-bond donors (Lipinski definition) is 0. The molecule has 2 aliphatic rings. The normalized spacial score (nSPS) is 26.8. The lowest BCUT2D eigenvalue weighted by Gasteiger charge is -2.32. The molecule has 2 aromatic rings. The molecule has 3 atom stereocenters. The number of nitrogens with zero attached hydrogens (tertiary/aromatic N) is 3. The van der Waals surface area contributed by atoms with Crippen LogP contribution in [0.1, 0.15) is 25.0 Å². The third-order valence-corrected chi connectivity index (χ3v) is 5.20. The van der Waals surface area contributed by atoms with E-state index in [1.54, 1.807) is 4.68 Å². The first kappa shape index (κ1) is 13.5. The lowest BCUT2D eigenvalue weighted by Crippen LogP contribution is -2.47. The molecule has 1 aliphatic carbocycles. The van der Waals surface area contributed by atoms with Gasteiger partial charge in [0.05, 0.1) is 17.3 Å². The van der Waals surface area contributed by atoms with Crippen LogP contribution in [0.3, 0.4) is 0 Å². The molecule has 0 radical (unpaired) electrons. The Kier molecular flexibility index (Phi) is 3.03. The first-order valence-corrected chi connectivity index (χ1v) is 7.87. The number of rotatable bonds is 3. The van der Waals surface area contributed by atoms with E-state index in [1.807, 2.05) is 36.1 Å². The van der Waals surface area contributed by atoms with Gasteiger partial charge in [0.1, 0.15) is 12.8 Å². The van der Waals surface area contributed by atoms with Gasteiger partial charge in [0, 0.05) is 11.4 Å². The van der Waals surface area contributed by atoms with Crippen molar-refractivity contribution in [2.24, 2.45) is 5.92 Å². The Labute approximate surface area is 128 Å². The van der Waals surface area contributed by atoms with Crippen LogP contribution >= 0.6 is 0 Å². The minimum atomic E-state index is -0.228. The highest BCUT2D eigenvalue weighted by molar-refractivity contribution is 5.85. The van der Waals surface area contributed by atoms with Crippen LogP contribution in [0.15, 0.2) is 24.3 Å². The summed E-state index contributed by atoms with van der Waals surface area (Å²) < 4.78 is 1.76. The second-order valence-corrected chi connectivity index (χ2v) is 6.41. The maximum absolute atomic E-state index is 12.7. The number of para-hydroxylation sites is 1. The number of benzene rings is 1. The molecule has 2 fully saturated rings. The second-order valence-electron chi connectivity index (χ2n) is 6.41. The van der Waals surface area contributed by atoms with E-state index in [-0.39, 0.29) is 24.5 Å². The summed E-state index contributed by atoms with van der Waals surface area (Å²) in [6, 6.07) is 7.95. The fourth-order valence-electron chi connectivity index (χ4n) is 4.20. The van der Waals surface area contributed by atoms with Crippen molar-refractivity contribution in [3.8, 4) is 0 Å². The molecule has 3 unspecified atom stereocenters. The SMILES string of the molecule is Cc1nn(CC(=O)N2C3CCC(C3)C2C=O)c2ccccc12. The molecule has 22 heavy (non-hydrogen) atoms. The van der Waals surface area contributed by atoms with E-state index in [0.717, 1.165) is 42.1 Å². The topological polar surface area (TPSA) is 55.2 Å². The molecule has 1 amide bonds. The predicted molar refractivity (Wildman–Crippen MR) is 82.3 cm³/mol. The molecule has 2 bridgehead atoms. The quantitative estimate of drug-likeness (QED) is 0.813. The summed E-state index contributed by atoms with van der Waals surface area (Å²) >= 11 is 0. The molecular weight excluding hydrogens is 278 g/mol. The Hall–Kier alpha value is -2.17. The summed E-state index contributed by atoms with van der Waals surface area (Å²) in [7, 11) is 0. The molecule has 2 heterocycles. The van der Waals surface area contributed by atoms with Crippen LogP contribution in [0, 0.1) is 12.8 Å². The van der Waals surface area contributed by atoms with Crippen molar-refractivity contribution in [1.29, 1.82) is 0 Å². The number of amides is 1. The van der Waals surface area contributed by atoms with Crippen LogP contribution in [-0.2, 0) is 16.1 Å². The van der Waals surface area contributed by atoms with Gasteiger partial charge in [-0.15, -0.1) is 0 Å².